The molecule has 4 nitrogen and oxygen atoms in total. The van der Waals surface area contributed by atoms with Crippen LogP contribution in [-0.2, 0) is 0 Å². The van der Waals surface area contributed by atoms with Crippen LogP contribution in [0.4, 0.5) is 0 Å². The van der Waals surface area contributed by atoms with E-state index in [9.17, 15) is 0 Å². The summed E-state index contributed by atoms with van der Waals surface area (Å²) in [7, 11) is 2.09. The van der Waals surface area contributed by atoms with E-state index in [4.69, 9.17) is 5.73 Å². The molecule has 1 unspecified atom stereocenters. The Bertz CT molecular complexity index is 316. The van der Waals surface area contributed by atoms with Gasteiger partial charge in [-0.1, -0.05) is 13.8 Å². The molecule has 98 valence electrons. The predicted molar refractivity (Wildman–Crippen MR) is 73.2 cm³/mol. The zero-order valence-corrected chi connectivity index (χ0v) is 11.9. The van der Waals surface area contributed by atoms with Gasteiger partial charge < -0.3 is 5.73 Å². The highest BCUT2D eigenvalue weighted by atomic mass is 35.5. The van der Waals surface area contributed by atoms with E-state index >= 15 is 0 Å². The lowest BCUT2D eigenvalue weighted by molar-refractivity contribution is 0.171. The van der Waals surface area contributed by atoms with Crippen LogP contribution in [0.15, 0.2) is 18.6 Å². The Morgan fingerprint density at radius 3 is 2.53 bits per heavy atom. The minimum Gasteiger partial charge on any atom is -0.330 e. The molecule has 0 aliphatic rings. The molecular formula is C12H23ClN4. The van der Waals surface area contributed by atoms with Crippen LogP contribution in [0.2, 0.25) is 0 Å². The van der Waals surface area contributed by atoms with Gasteiger partial charge in [0, 0.05) is 25.1 Å². The van der Waals surface area contributed by atoms with Crippen molar-refractivity contribution in [2.75, 3.05) is 20.1 Å². The monoisotopic (exact) mass is 258 g/mol. The summed E-state index contributed by atoms with van der Waals surface area (Å²) in [6.45, 7) is 8.11. The van der Waals surface area contributed by atoms with Crippen molar-refractivity contribution in [2.45, 2.75) is 26.8 Å². The second-order valence-electron chi connectivity index (χ2n) is 5.09. The van der Waals surface area contributed by atoms with Crippen LogP contribution in [0.1, 0.15) is 32.5 Å². The Balaban J connectivity index is 0.00000256. The molecule has 0 radical (unpaired) electrons. The fraction of sp³-hybridized carbons (Fsp3) is 0.667. The molecule has 0 fully saturated rings. The van der Waals surface area contributed by atoms with Crippen LogP contribution in [0, 0.1) is 5.41 Å². The molecule has 0 amide bonds. The molecule has 0 saturated carbocycles. The molecule has 2 N–H and O–H groups in total. The number of hydrogen-bond acceptors (Lipinski definition) is 4. The fourth-order valence-electron chi connectivity index (χ4n) is 1.63. The van der Waals surface area contributed by atoms with Crippen LogP contribution < -0.4 is 5.73 Å². The van der Waals surface area contributed by atoms with E-state index in [0.29, 0.717) is 6.54 Å². The van der Waals surface area contributed by atoms with Gasteiger partial charge in [0.2, 0.25) is 0 Å². The van der Waals surface area contributed by atoms with E-state index in [-0.39, 0.29) is 23.9 Å². The number of nitrogens with zero attached hydrogens (tertiary/aromatic N) is 3. The summed E-state index contributed by atoms with van der Waals surface area (Å²) >= 11 is 0. The summed E-state index contributed by atoms with van der Waals surface area (Å²) in [5.74, 6) is 0. The van der Waals surface area contributed by atoms with E-state index in [0.717, 1.165) is 12.2 Å². The van der Waals surface area contributed by atoms with Crippen molar-refractivity contribution in [1.29, 1.82) is 0 Å². The second-order valence-corrected chi connectivity index (χ2v) is 5.09. The molecule has 1 aromatic rings. The van der Waals surface area contributed by atoms with Crippen molar-refractivity contribution >= 4 is 12.4 Å². The Labute approximate surface area is 110 Å². The van der Waals surface area contributed by atoms with E-state index in [1.165, 1.54) is 0 Å². The van der Waals surface area contributed by atoms with Gasteiger partial charge in [-0.2, -0.15) is 0 Å². The number of hydrogen-bond donors (Lipinski definition) is 1. The fourth-order valence-corrected chi connectivity index (χ4v) is 1.63. The summed E-state index contributed by atoms with van der Waals surface area (Å²) in [4.78, 5) is 10.7. The van der Waals surface area contributed by atoms with Crippen molar-refractivity contribution in [3.63, 3.8) is 0 Å². The van der Waals surface area contributed by atoms with E-state index in [1.54, 1.807) is 12.4 Å². The lowest BCUT2D eigenvalue weighted by atomic mass is 9.92. The lowest BCUT2D eigenvalue weighted by Crippen LogP contribution is -2.38. The maximum absolute atomic E-state index is 5.74. The standard InChI is InChI=1S/C12H22N4.ClH/c1-10(11-7-14-5-6-15-11)16(4)9-12(2,3)8-13;/h5-7,10H,8-9,13H2,1-4H3;1H. The summed E-state index contributed by atoms with van der Waals surface area (Å²) in [5, 5.41) is 0. The van der Waals surface area contributed by atoms with Gasteiger partial charge in [0.25, 0.3) is 0 Å². The van der Waals surface area contributed by atoms with Crippen molar-refractivity contribution < 1.29 is 0 Å². The smallest absolute Gasteiger partial charge is 0.0755 e. The first-order valence-electron chi connectivity index (χ1n) is 5.62. The Morgan fingerprint density at radius 2 is 2.06 bits per heavy atom. The molecule has 5 heteroatoms. The summed E-state index contributed by atoms with van der Waals surface area (Å²) < 4.78 is 0. The van der Waals surface area contributed by atoms with Gasteiger partial charge in [0.1, 0.15) is 0 Å². The quantitative estimate of drug-likeness (QED) is 0.876. The molecule has 1 heterocycles. The third kappa shape index (κ3) is 4.98. The van der Waals surface area contributed by atoms with Crippen LogP contribution in [0.3, 0.4) is 0 Å². The van der Waals surface area contributed by atoms with Gasteiger partial charge in [0.15, 0.2) is 0 Å². The van der Waals surface area contributed by atoms with Gasteiger partial charge in [-0.3, -0.25) is 14.9 Å². The van der Waals surface area contributed by atoms with E-state index in [2.05, 4.69) is 42.7 Å². The number of nitrogens with two attached hydrogens (primary N) is 1. The zero-order chi connectivity index (χ0) is 12.2. The van der Waals surface area contributed by atoms with Gasteiger partial charge in [-0.25, -0.2) is 0 Å². The Morgan fingerprint density at radius 1 is 1.41 bits per heavy atom. The molecule has 1 rings (SSSR count). The topological polar surface area (TPSA) is 55.0 Å². The number of halogens is 1. The molecule has 1 atom stereocenters. The number of aromatic nitrogens is 2. The maximum Gasteiger partial charge on any atom is 0.0755 e. The summed E-state index contributed by atoms with van der Waals surface area (Å²) in [6.07, 6.45) is 5.24. The van der Waals surface area contributed by atoms with Crippen LogP contribution in [0.5, 0.6) is 0 Å². The van der Waals surface area contributed by atoms with Crippen LogP contribution in [0.25, 0.3) is 0 Å². The molecule has 17 heavy (non-hydrogen) atoms. The highest BCUT2D eigenvalue weighted by Crippen LogP contribution is 2.21. The van der Waals surface area contributed by atoms with Gasteiger partial charge in [-0.05, 0) is 25.9 Å². The van der Waals surface area contributed by atoms with Gasteiger partial charge in [-0.15, -0.1) is 12.4 Å². The van der Waals surface area contributed by atoms with Crippen molar-refractivity contribution in [1.82, 2.24) is 14.9 Å². The first kappa shape index (κ1) is 16.3. The van der Waals surface area contributed by atoms with Gasteiger partial charge >= 0.3 is 0 Å². The zero-order valence-electron chi connectivity index (χ0n) is 11.1. The van der Waals surface area contributed by atoms with Crippen molar-refractivity contribution in [3.8, 4) is 0 Å². The Hall–Kier alpha value is -0.710. The van der Waals surface area contributed by atoms with E-state index < -0.39 is 0 Å². The molecule has 0 spiro atoms. The molecule has 0 aromatic carbocycles. The highest BCUT2D eigenvalue weighted by molar-refractivity contribution is 5.85. The predicted octanol–water partition coefficient (Wildman–Crippen LogP) is 1.88. The third-order valence-corrected chi connectivity index (χ3v) is 2.90. The minimum atomic E-state index is 0. The maximum atomic E-state index is 5.74. The lowest BCUT2D eigenvalue weighted by Gasteiger charge is -2.32. The average Bonchev–Trinajstić information content (AvgIpc) is 2.28. The van der Waals surface area contributed by atoms with Crippen LogP contribution in [-0.4, -0.2) is 35.0 Å². The molecule has 0 aliphatic carbocycles. The third-order valence-electron chi connectivity index (χ3n) is 2.90. The van der Waals surface area contributed by atoms with Crippen molar-refractivity contribution in [3.05, 3.63) is 24.3 Å². The first-order chi connectivity index (χ1) is 7.46. The normalized spacial score (nSPS) is 13.3. The second kappa shape index (κ2) is 6.89. The summed E-state index contributed by atoms with van der Waals surface area (Å²) in [5.41, 5.74) is 6.87. The highest BCUT2D eigenvalue weighted by Gasteiger charge is 2.22. The summed E-state index contributed by atoms with van der Waals surface area (Å²) in [6, 6.07) is 0.263. The molecule has 0 aliphatic heterocycles. The van der Waals surface area contributed by atoms with Gasteiger partial charge in [0.05, 0.1) is 11.7 Å². The van der Waals surface area contributed by atoms with E-state index in [1.807, 2.05) is 6.20 Å². The average molecular weight is 259 g/mol. The molecule has 0 saturated heterocycles. The minimum absolute atomic E-state index is 0. The number of rotatable bonds is 5. The van der Waals surface area contributed by atoms with Crippen LogP contribution >= 0.6 is 12.4 Å². The molecule has 1 aromatic heterocycles. The molecule has 0 bridgehead atoms. The molecular weight excluding hydrogens is 236 g/mol. The first-order valence-corrected chi connectivity index (χ1v) is 5.62. The Kier molecular flexibility index (Phi) is 6.60. The van der Waals surface area contributed by atoms with Crippen molar-refractivity contribution in [2.24, 2.45) is 11.1 Å². The largest absolute Gasteiger partial charge is 0.330 e. The SMILES string of the molecule is CC(c1cnccn1)N(C)CC(C)(C)CN.Cl.